The first-order valence-corrected chi connectivity index (χ1v) is 5.66. The molecule has 0 aliphatic heterocycles. The van der Waals surface area contributed by atoms with Gasteiger partial charge >= 0.3 is 0 Å². The van der Waals surface area contributed by atoms with Gasteiger partial charge in [-0.2, -0.15) is 0 Å². The SMILES string of the molecule is CCCC(C)C(C)(O)CNC(C)(C)C. The standard InChI is InChI=1S/C12H27NO/c1-7-8-10(2)12(6,14)9-13-11(3,4)5/h10,13-14H,7-9H2,1-6H3. The lowest BCUT2D eigenvalue weighted by molar-refractivity contribution is -0.00134. The molecule has 0 saturated heterocycles. The predicted octanol–water partition coefficient (Wildman–Crippen LogP) is 2.56. The Morgan fingerprint density at radius 1 is 1.21 bits per heavy atom. The van der Waals surface area contributed by atoms with Gasteiger partial charge in [-0.25, -0.2) is 0 Å². The second-order valence-corrected chi connectivity index (χ2v) is 5.65. The smallest absolute Gasteiger partial charge is 0.0769 e. The molecule has 2 nitrogen and oxygen atoms in total. The van der Waals surface area contributed by atoms with E-state index >= 15 is 0 Å². The largest absolute Gasteiger partial charge is 0.389 e. The van der Waals surface area contributed by atoms with Crippen LogP contribution in [0, 0.1) is 5.92 Å². The van der Waals surface area contributed by atoms with Crippen LogP contribution in [0.4, 0.5) is 0 Å². The third-order valence-electron chi connectivity index (χ3n) is 2.76. The second kappa shape index (κ2) is 5.13. The van der Waals surface area contributed by atoms with Crippen molar-refractivity contribution in [2.45, 2.75) is 65.5 Å². The van der Waals surface area contributed by atoms with E-state index in [4.69, 9.17) is 0 Å². The summed E-state index contributed by atoms with van der Waals surface area (Å²) in [6, 6.07) is 0. The molecule has 0 amide bonds. The van der Waals surface area contributed by atoms with Crippen molar-refractivity contribution in [3.05, 3.63) is 0 Å². The van der Waals surface area contributed by atoms with Crippen molar-refractivity contribution >= 4 is 0 Å². The van der Waals surface area contributed by atoms with Crippen LogP contribution in [0.5, 0.6) is 0 Å². The van der Waals surface area contributed by atoms with Gasteiger partial charge in [0.05, 0.1) is 5.60 Å². The van der Waals surface area contributed by atoms with Crippen molar-refractivity contribution in [3.8, 4) is 0 Å². The molecular weight excluding hydrogens is 174 g/mol. The van der Waals surface area contributed by atoms with E-state index in [1.807, 2.05) is 6.92 Å². The van der Waals surface area contributed by atoms with Crippen LogP contribution in [0.3, 0.4) is 0 Å². The van der Waals surface area contributed by atoms with Crippen molar-refractivity contribution in [2.75, 3.05) is 6.54 Å². The maximum Gasteiger partial charge on any atom is 0.0769 e. The first-order valence-electron chi connectivity index (χ1n) is 5.66. The quantitative estimate of drug-likeness (QED) is 0.716. The Hall–Kier alpha value is -0.0800. The van der Waals surface area contributed by atoms with Crippen LogP contribution in [0.2, 0.25) is 0 Å². The van der Waals surface area contributed by atoms with Crippen molar-refractivity contribution in [3.63, 3.8) is 0 Å². The van der Waals surface area contributed by atoms with E-state index in [0.717, 1.165) is 12.8 Å². The van der Waals surface area contributed by atoms with Gasteiger partial charge in [0, 0.05) is 12.1 Å². The monoisotopic (exact) mass is 201 g/mol. The Labute approximate surface area is 89.1 Å². The van der Waals surface area contributed by atoms with Crippen molar-refractivity contribution in [1.29, 1.82) is 0 Å². The molecular formula is C12H27NO. The van der Waals surface area contributed by atoms with Gasteiger partial charge in [0.15, 0.2) is 0 Å². The van der Waals surface area contributed by atoms with E-state index in [0.29, 0.717) is 12.5 Å². The van der Waals surface area contributed by atoms with Gasteiger partial charge in [-0.05, 0) is 40.0 Å². The molecule has 2 heteroatoms. The van der Waals surface area contributed by atoms with Crippen molar-refractivity contribution in [1.82, 2.24) is 5.32 Å². The molecule has 2 N–H and O–H groups in total. The molecule has 0 aliphatic rings. The van der Waals surface area contributed by atoms with E-state index in [2.05, 4.69) is 39.9 Å². The highest BCUT2D eigenvalue weighted by Gasteiger charge is 2.28. The molecule has 14 heavy (non-hydrogen) atoms. The molecule has 0 rings (SSSR count). The molecule has 0 radical (unpaired) electrons. The summed E-state index contributed by atoms with van der Waals surface area (Å²) in [5, 5.41) is 13.6. The lowest BCUT2D eigenvalue weighted by atomic mass is 9.86. The lowest BCUT2D eigenvalue weighted by Gasteiger charge is -2.34. The molecule has 2 unspecified atom stereocenters. The van der Waals surface area contributed by atoms with E-state index in [-0.39, 0.29) is 5.54 Å². The van der Waals surface area contributed by atoms with E-state index in [1.54, 1.807) is 0 Å². The van der Waals surface area contributed by atoms with Gasteiger partial charge < -0.3 is 10.4 Å². The molecule has 2 atom stereocenters. The molecule has 0 aromatic carbocycles. The fourth-order valence-corrected chi connectivity index (χ4v) is 1.36. The third-order valence-corrected chi connectivity index (χ3v) is 2.76. The van der Waals surface area contributed by atoms with Gasteiger partial charge in [-0.3, -0.25) is 0 Å². The molecule has 0 bridgehead atoms. The van der Waals surface area contributed by atoms with E-state index in [1.165, 1.54) is 0 Å². The molecule has 86 valence electrons. The molecule has 0 fully saturated rings. The zero-order chi connectivity index (χ0) is 11.4. The van der Waals surface area contributed by atoms with Gasteiger partial charge in [-0.1, -0.05) is 20.3 Å². The lowest BCUT2D eigenvalue weighted by Crippen LogP contribution is -2.49. The number of nitrogens with one attached hydrogen (secondary N) is 1. The van der Waals surface area contributed by atoms with Gasteiger partial charge in [-0.15, -0.1) is 0 Å². The highest BCUT2D eigenvalue weighted by Crippen LogP contribution is 2.21. The predicted molar refractivity (Wildman–Crippen MR) is 62.5 cm³/mol. The molecule has 0 saturated carbocycles. The number of hydrogen-bond acceptors (Lipinski definition) is 2. The molecule has 0 aliphatic carbocycles. The van der Waals surface area contributed by atoms with Crippen LogP contribution < -0.4 is 5.32 Å². The van der Waals surface area contributed by atoms with E-state index in [9.17, 15) is 5.11 Å². The minimum Gasteiger partial charge on any atom is -0.389 e. The van der Waals surface area contributed by atoms with Crippen molar-refractivity contribution in [2.24, 2.45) is 5.92 Å². The average Bonchev–Trinajstić information content (AvgIpc) is 2.00. The number of β-amino-alcohol motifs (C(OH)–C–C–N with tert-alkyl or cyclic N) is 1. The Kier molecular flexibility index (Phi) is 5.10. The minimum atomic E-state index is -0.594. The number of aliphatic hydroxyl groups is 1. The minimum absolute atomic E-state index is 0.0793. The summed E-state index contributed by atoms with van der Waals surface area (Å²) in [4.78, 5) is 0. The topological polar surface area (TPSA) is 32.3 Å². The molecule has 0 aromatic rings. The summed E-state index contributed by atoms with van der Waals surface area (Å²) in [5.41, 5.74) is -0.515. The highest BCUT2D eigenvalue weighted by atomic mass is 16.3. The van der Waals surface area contributed by atoms with Crippen LogP contribution in [-0.4, -0.2) is 22.8 Å². The van der Waals surface area contributed by atoms with Crippen molar-refractivity contribution < 1.29 is 5.11 Å². The average molecular weight is 201 g/mol. The number of rotatable bonds is 5. The first kappa shape index (κ1) is 13.9. The van der Waals surface area contributed by atoms with Crippen LogP contribution in [0.25, 0.3) is 0 Å². The normalized spacial score (nSPS) is 19.1. The van der Waals surface area contributed by atoms with Crippen LogP contribution >= 0.6 is 0 Å². The van der Waals surface area contributed by atoms with Gasteiger partial charge in [0.25, 0.3) is 0 Å². The summed E-state index contributed by atoms with van der Waals surface area (Å²) >= 11 is 0. The zero-order valence-electron chi connectivity index (χ0n) is 10.6. The Bertz CT molecular complexity index is 158. The first-order chi connectivity index (χ1) is 6.19. The molecule has 0 heterocycles. The second-order valence-electron chi connectivity index (χ2n) is 5.65. The Balaban J connectivity index is 4.06. The summed E-state index contributed by atoms with van der Waals surface area (Å²) in [6.45, 7) is 13.2. The third kappa shape index (κ3) is 5.61. The highest BCUT2D eigenvalue weighted by molar-refractivity contribution is 4.84. The number of hydrogen-bond donors (Lipinski definition) is 2. The summed E-state index contributed by atoms with van der Waals surface area (Å²) in [5.74, 6) is 0.349. The van der Waals surface area contributed by atoms with Gasteiger partial charge in [0.1, 0.15) is 0 Å². The van der Waals surface area contributed by atoms with E-state index < -0.39 is 5.60 Å². The fraction of sp³-hybridized carbons (Fsp3) is 1.00. The van der Waals surface area contributed by atoms with Crippen LogP contribution in [-0.2, 0) is 0 Å². The Morgan fingerprint density at radius 2 is 1.71 bits per heavy atom. The Morgan fingerprint density at radius 3 is 2.07 bits per heavy atom. The van der Waals surface area contributed by atoms with Crippen LogP contribution in [0.1, 0.15) is 54.4 Å². The van der Waals surface area contributed by atoms with Gasteiger partial charge in [0.2, 0.25) is 0 Å². The van der Waals surface area contributed by atoms with Crippen LogP contribution in [0.15, 0.2) is 0 Å². The summed E-state index contributed by atoms with van der Waals surface area (Å²) in [6.07, 6.45) is 2.21. The summed E-state index contributed by atoms with van der Waals surface area (Å²) in [7, 11) is 0. The maximum absolute atomic E-state index is 10.2. The maximum atomic E-state index is 10.2. The zero-order valence-corrected chi connectivity index (χ0v) is 10.6. The summed E-state index contributed by atoms with van der Waals surface area (Å²) < 4.78 is 0. The fourth-order valence-electron chi connectivity index (χ4n) is 1.36. The molecule has 0 aromatic heterocycles. The molecule has 0 spiro atoms.